The first-order chi connectivity index (χ1) is 11.2. The van der Waals surface area contributed by atoms with E-state index in [0.717, 1.165) is 6.08 Å². The topological polar surface area (TPSA) is 43.4 Å². The van der Waals surface area contributed by atoms with Crippen LogP contribution < -0.4 is 0 Å². The fourth-order valence-corrected chi connectivity index (χ4v) is 2.63. The molecule has 0 saturated heterocycles. The Balaban J connectivity index is 4.62. The Morgan fingerprint density at radius 2 is 1.48 bits per heavy atom. The van der Waals surface area contributed by atoms with Crippen molar-refractivity contribution in [3.05, 3.63) is 12.7 Å². The number of rotatable bonds is 12. The van der Waals surface area contributed by atoms with Gasteiger partial charge < -0.3 is 0 Å². The number of hydrogen-bond acceptors (Lipinski definition) is 3. The lowest BCUT2D eigenvalue weighted by Gasteiger charge is -2.28. The molecule has 0 aromatic carbocycles. The van der Waals surface area contributed by atoms with Gasteiger partial charge in [-0.15, -0.1) is 6.58 Å². The van der Waals surface area contributed by atoms with E-state index in [2.05, 4.69) is 10.8 Å². The summed E-state index contributed by atoms with van der Waals surface area (Å²) in [5.41, 5.74) is 0. The van der Waals surface area contributed by atoms with Gasteiger partial charge in [0.15, 0.2) is 6.17 Å². The lowest BCUT2D eigenvalue weighted by molar-refractivity contribution is -0.199. The SMILES string of the molecule is C=CCOS(=O)(=O)C(F)(F)C(F)(F)C(F)CCCCCCC(F)(F)F. The van der Waals surface area contributed by atoms with Crippen LogP contribution in [0.4, 0.5) is 35.1 Å². The predicted octanol–water partition coefficient (Wildman–Crippen LogP) is 4.99. The van der Waals surface area contributed by atoms with Crippen molar-refractivity contribution in [1.82, 2.24) is 0 Å². The van der Waals surface area contributed by atoms with Gasteiger partial charge in [-0.25, -0.2) is 4.39 Å². The van der Waals surface area contributed by atoms with E-state index in [1.54, 1.807) is 0 Å². The van der Waals surface area contributed by atoms with Crippen LogP contribution >= 0.6 is 0 Å². The normalized spacial score (nSPS) is 15.2. The van der Waals surface area contributed by atoms with Crippen LogP contribution in [-0.2, 0) is 14.3 Å². The van der Waals surface area contributed by atoms with Crippen LogP contribution in [0.1, 0.15) is 38.5 Å². The van der Waals surface area contributed by atoms with Crippen LogP contribution in [0, 0.1) is 0 Å². The molecule has 0 spiro atoms. The van der Waals surface area contributed by atoms with Crippen molar-refractivity contribution in [1.29, 1.82) is 0 Å². The molecule has 0 aromatic rings. The average Bonchev–Trinajstić information content (AvgIpc) is 2.46. The van der Waals surface area contributed by atoms with Crippen LogP contribution in [0.2, 0.25) is 0 Å². The summed E-state index contributed by atoms with van der Waals surface area (Å²) in [6.45, 7) is 1.96. The molecule has 0 aromatic heterocycles. The molecule has 0 aliphatic carbocycles. The zero-order valence-electron chi connectivity index (χ0n) is 13.0. The van der Waals surface area contributed by atoms with Gasteiger partial charge in [-0.2, -0.15) is 39.2 Å². The quantitative estimate of drug-likeness (QED) is 0.199. The van der Waals surface area contributed by atoms with Gasteiger partial charge in [0.05, 0.1) is 6.61 Å². The maximum absolute atomic E-state index is 13.5. The van der Waals surface area contributed by atoms with Gasteiger partial charge in [0, 0.05) is 6.42 Å². The molecule has 1 unspecified atom stereocenters. The van der Waals surface area contributed by atoms with Gasteiger partial charge >= 0.3 is 27.5 Å². The highest BCUT2D eigenvalue weighted by Crippen LogP contribution is 2.44. The van der Waals surface area contributed by atoms with E-state index in [1.165, 1.54) is 0 Å². The second-order valence-electron chi connectivity index (χ2n) is 5.20. The summed E-state index contributed by atoms with van der Waals surface area (Å²) in [6, 6.07) is 0. The Labute approximate surface area is 140 Å². The zero-order chi connectivity index (χ0) is 19.9. The van der Waals surface area contributed by atoms with Crippen LogP contribution in [0.3, 0.4) is 0 Å². The molecule has 0 amide bonds. The summed E-state index contributed by atoms with van der Waals surface area (Å²) in [4.78, 5) is 0. The van der Waals surface area contributed by atoms with Crippen LogP contribution in [0.5, 0.6) is 0 Å². The highest BCUT2D eigenvalue weighted by molar-refractivity contribution is 7.87. The van der Waals surface area contributed by atoms with E-state index < -0.39 is 59.5 Å². The van der Waals surface area contributed by atoms with Crippen LogP contribution in [0.15, 0.2) is 12.7 Å². The van der Waals surface area contributed by atoms with E-state index in [-0.39, 0.29) is 19.3 Å². The Morgan fingerprint density at radius 3 is 1.96 bits per heavy atom. The van der Waals surface area contributed by atoms with Crippen molar-refractivity contribution < 1.29 is 47.7 Å². The molecule has 0 saturated carbocycles. The third kappa shape index (κ3) is 7.08. The van der Waals surface area contributed by atoms with E-state index in [0.29, 0.717) is 0 Å². The summed E-state index contributed by atoms with van der Waals surface area (Å²) < 4.78 is 129. The van der Waals surface area contributed by atoms with Crippen molar-refractivity contribution >= 4 is 10.1 Å². The van der Waals surface area contributed by atoms with Gasteiger partial charge in [0.25, 0.3) is 0 Å². The Bertz CT molecular complexity index is 516. The number of halogens is 8. The third-order valence-electron chi connectivity index (χ3n) is 3.10. The lowest BCUT2D eigenvalue weighted by atomic mass is 10.0. The zero-order valence-corrected chi connectivity index (χ0v) is 13.8. The molecule has 0 rings (SSSR count). The first-order valence-electron chi connectivity index (χ1n) is 7.15. The van der Waals surface area contributed by atoms with Gasteiger partial charge in [0.2, 0.25) is 0 Å². The molecule has 0 fully saturated rings. The molecule has 0 bridgehead atoms. The third-order valence-corrected chi connectivity index (χ3v) is 4.45. The molecule has 12 heteroatoms. The standard InChI is InChI=1S/C13H18F8O3S/c1-2-9-24-25(22,23)13(20,21)12(18,19)10(14)7-5-3-4-6-8-11(15,16)17/h2,10H,1,3-9H2. The van der Waals surface area contributed by atoms with Crippen molar-refractivity contribution in [2.45, 2.75) is 62.0 Å². The number of unbranched alkanes of at least 4 members (excludes halogenated alkanes) is 3. The van der Waals surface area contributed by atoms with Crippen molar-refractivity contribution in [2.75, 3.05) is 6.61 Å². The maximum atomic E-state index is 13.5. The van der Waals surface area contributed by atoms with E-state index in [4.69, 9.17) is 0 Å². The van der Waals surface area contributed by atoms with Gasteiger partial charge in [-0.1, -0.05) is 25.3 Å². The molecule has 0 heterocycles. The highest BCUT2D eigenvalue weighted by Gasteiger charge is 2.70. The summed E-state index contributed by atoms with van der Waals surface area (Å²) >= 11 is 0. The minimum atomic E-state index is -6.10. The molecular weight excluding hydrogens is 388 g/mol. The smallest absolute Gasteiger partial charge is 0.261 e. The van der Waals surface area contributed by atoms with Crippen molar-refractivity contribution in [2.24, 2.45) is 0 Å². The minimum Gasteiger partial charge on any atom is -0.261 e. The molecule has 3 nitrogen and oxygen atoms in total. The molecule has 1 atom stereocenters. The van der Waals surface area contributed by atoms with E-state index >= 15 is 0 Å². The number of alkyl halides is 8. The summed E-state index contributed by atoms with van der Waals surface area (Å²) in [6.07, 6.45) is -10.3. The molecule has 25 heavy (non-hydrogen) atoms. The minimum absolute atomic E-state index is 0.0606. The van der Waals surface area contributed by atoms with Gasteiger partial charge in [-0.3, -0.25) is 4.18 Å². The predicted molar refractivity (Wildman–Crippen MR) is 73.6 cm³/mol. The molecule has 0 aliphatic heterocycles. The fourth-order valence-electron chi connectivity index (χ4n) is 1.74. The molecule has 150 valence electrons. The largest absolute Gasteiger partial charge is 0.434 e. The summed E-state index contributed by atoms with van der Waals surface area (Å²) in [5, 5.41) is -5.81. The maximum Gasteiger partial charge on any atom is 0.434 e. The van der Waals surface area contributed by atoms with Crippen molar-refractivity contribution in [3.63, 3.8) is 0 Å². The summed E-state index contributed by atoms with van der Waals surface area (Å²) in [5.74, 6) is -5.56. The van der Waals surface area contributed by atoms with Crippen molar-refractivity contribution in [3.8, 4) is 0 Å². The lowest BCUT2D eigenvalue weighted by Crippen LogP contribution is -2.53. The monoisotopic (exact) mass is 406 g/mol. The fraction of sp³-hybridized carbons (Fsp3) is 0.846. The number of hydrogen-bond donors (Lipinski definition) is 0. The second kappa shape index (κ2) is 9.15. The second-order valence-corrected chi connectivity index (χ2v) is 6.86. The van der Waals surface area contributed by atoms with Gasteiger partial charge in [0.1, 0.15) is 0 Å². The van der Waals surface area contributed by atoms with E-state index in [1.807, 2.05) is 0 Å². The summed E-state index contributed by atoms with van der Waals surface area (Å²) in [7, 11) is -6.10. The highest BCUT2D eigenvalue weighted by atomic mass is 32.2. The first kappa shape index (κ1) is 24.1. The van der Waals surface area contributed by atoms with Crippen LogP contribution in [-0.4, -0.2) is 38.5 Å². The molecular formula is C13H18F8O3S. The molecule has 0 radical (unpaired) electrons. The van der Waals surface area contributed by atoms with Crippen LogP contribution in [0.25, 0.3) is 0 Å². The average molecular weight is 406 g/mol. The van der Waals surface area contributed by atoms with E-state index in [9.17, 15) is 43.5 Å². The molecule has 0 N–H and O–H groups in total. The Hall–Kier alpha value is -0.910. The Morgan fingerprint density at radius 1 is 0.960 bits per heavy atom. The molecule has 0 aliphatic rings. The Kier molecular flexibility index (Phi) is 8.82. The van der Waals surface area contributed by atoms with Gasteiger partial charge in [-0.05, 0) is 12.8 Å². The first-order valence-corrected chi connectivity index (χ1v) is 8.56.